The number of allylic oxidation sites excluding steroid dienone is 1. The third-order valence-electron chi connectivity index (χ3n) is 6.69. The van der Waals surface area contributed by atoms with Crippen LogP contribution in [0.4, 0.5) is 11.4 Å². The molecule has 2 N–H and O–H groups in total. The summed E-state index contributed by atoms with van der Waals surface area (Å²) in [4.78, 5) is 13.6. The van der Waals surface area contributed by atoms with E-state index < -0.39 is 0 Å². The second-order valence-corrected chi connectivity index (χ2v) is 8.69. The number of carbonyl (C=O) groups is 1. The van der Waals surface area contributed by atoms with Crippen LogP contribution in [-0.2, 0) is 4.79 Å². The van der Waals surface area contributed by atoms with Crippen LogP contribution in [0.25, 0.3) is 10.8 Å². The third kappa shape index (κ3) is 3.27. The van der Waals surface area contributed by atoms with Gasteiger partial charge in [-0.05, 0) is 52.4 Å². The fraction of sp³-hybridized carbons (Fsp3) is 0.138. The van der Waals surface area contributed by atoms with Crippen LogP contribution in [0, 0.1) is 0 Å². The summed E-state index contributed by atoms with van der Waals surface area (Å²) in [5.74, 6) is 0.406. The van der Waals surface area contributed by atoms with E-state index in [1.807, 2.05) is 18.2 Å². The number of hydrogen-bond donors (Lipinski definition) is 2. The molecule has 32 heavy (non-hydrogen) atoms. The maximum absolute atomic E-state index is 13.6. The van der Waals surface area contributed by atoms with E-state index in [9.17, 15) is 4.79 Å². The number of benzene rings is 4. The second kappa shape index (κ2) is 7.69. The van der Waals surface area contributed by atoms with Crippen molar-refractivity contribution in [1.82, 2.24) is 0 Å². The van der Waals surface area contributed by atoms with Crippen molar-refractivity contribution in [3.63, 3.8) is 0 Å². The molecule has 1 aliphatic heterocycles. The molecule has 0 amide bonds. The van der Waals surface area contributed by atoms with Gasteiger partial charge in [0.05, 0.1) is 17.4 Å². The zero-order valence-corrected chi connectivity index (χ0v) is 17.7. The first-order valence-corrected chi connectivity index (χ1v) is 11.2. The van der Waals surface area contributed by atoms with Gasteiger partial charge in [-0.15, -0.1) is 0 Å². The zero-order valence-electron chi connectivity index (χ0n) is 17.7. The van der Waals surface area contributed by atoms with Gasteiger partial charge in [0, 0.05) is 17.7 Å². The Morgan fingerprint density at radius 1 is 0.656 bits per heavy atom. The summed E-state index contributed by atoms with van der Waals surface area (Å²) in [5.41, 5.74) is 6.27. The smallest absolute Gasteiger partial charge is 0.163 e. The Hall–Kier alpha value is -3.85. The molecule has 0 saturated carbocycles. The molecule has 3 nitrogen and oxygen atoms in total. The lowest BCUT2D eigenvalue weighted by Gasteiger charge is -2.30. The maximum Gasteiger partial charge on any atom is 0.163 e. The number of carbonyl (C=O) groups excluding carboxylic acids is 1. The van der Waals surface area contributed by atoms with Crippen LogP contribution < -0.4 is 10.6 Å². The summed E-state index contributed by atoms with van der Waals surface area (Å²) in [6.07, 6.45) is 1.36. The molecule has 4 aromatic carbocycles. The first-order chi connectivity index (χ1) is 15.8. The lowest BCUT2D eigenvalue weighted by Crippen LogP contribution is -2.26. The van der Waals surface area contributed by atoms with Gasteiger partial charge >= 0.3 is 0 Å². The van der Waals surface area contributed by atoms with Crippen LogP contribution in [0.5, 0.6) is 0 Å². The van der Waals surface area contributed by atoms with Crippen molar-refractivity contribution in [1.29, 1.82) is 0 Å². The standard InChI is InChI=1S/C29H24N2O/c32-27-18-23(19-8-2-1-3-9-19)17-26-28(27)29(31-25-13-7-6-12-24(25)30-26)22-15-14-20-10-4-5-11-21(20)16-22/h1-16,23,29-31H,17-18H2. The summed E-state index contributed by atoms with van der Waals surface area (Å²) in [6, 6.07) is 33.3. The number of para-hydroxylation sites is 2. The Kier molecular flexibility index (Phi) is 4.53. The lowest BCUT2D eigenvalue weighted by atomic mass is 9.78. The molecule has 6 rings (SSSR count). The molecular formula is C29H24N2O. The minimum atomic E-state index is -0.185. The van der Waals surface area contributed by atoms with Gasteiger partial charge in [-0.1, -0.05) is 78.9 Å². The number of anilines is 2. The molecule has 1 heterocycles. The van der Waals surface area contributed by atoms with Crippen molar-refractivity contribution >= 4 is 27.9 Å². The van der Waals surface area contributed by atoms with Crippen LogP contribution >= 0.6 is 0 Å². The predicted octanol–water partition coefficient (Wildman–Crippen LogP) is 6.82. The van der Waals surface area contributed by atoms with Gasteiger partial charge < -0.3 is 10.6 Å². The van der Waals surface area contributed by atoms with Crippen molar-refractivity contribution < 1.29 is 4.79 Å². The molecule has 0 saturated heterocycles. The van der Waals surface area contributed by atoms with Gasteiger partial charge in [-0.25, -0.2) is 0 Å². The van der Waals surface area contributed by atoms with Crippen LogP contribution in [-0.4, -0.2) is 5.78 Å². The van der Waals surface area contributed by atoms with E-state index in [4.69, 9.17) is 0 Å². The number of ketones is 1. The summed E-state index contributed by atoms with van der Waals surface area (Å²) in [5, 5.41) is 9.70. The lowest BCUT2D eigenvalue weighted by molar-refractivity contribution is -0.116. The van der Waals surface area contributed by atoms with Crippen molar-refractivity contribution in [2.24, 2.45) is 0 Å². The van der Waals surface area contributed by atoms with Crippen molar-refractivity contribution in [2.75, 3.05) is 10.6 Å². The highest BCUT2D eigenvalue weighted by Crippen LogP contribution is 2.44. The Labute approximate surface area is 187 Å². The summed E-state index contributed by atoms with van der Waals surface area (Å²) < 4.78 is 0. The highest BCUT2D eigenvalue weighted by atomic mass is 16.1. The van der Waals surface area contributed by atoms with Crippen molar-refractivity contribution in [3.8, 4) is 0 Å². The molecule has 0 radical (unpaired) electrons. The van der Waals surface area contributed by atoms with E-state index in [0.717, 1.165) is 34.6 Å². The largest absolute Gasteiger partial charge is 0.372 e. The average molecular weight is 417 g/mol. The van der Waals surface area contributed by atoms with Crippen LogP contribution in [0.3, 0.4) is 0 Å². The first-order valence-electron chi connectivity index (χ1n) is 11.2. The Morgan fingerprint density at radius 3 is 2.22 bits per heavy atom. The van der Waals surface area contributed by atoms with Gasteiger partial charge in [0.25, 0.3) is 0 Å². The van der Waals surface area contributed by atoms with Gasteiger partial charge in [-0.2, -0.15) is 0 Å². The molecule has 3 heteroatoms. The molecular weight excluding hydrogens is 392 g/mol. The van der Waals surface area contributed by atoms with E-state index in [-0.39, 0.29) is 17.7 Å². The van der Waals surface area contributed by atoms with Crippen LogP contribution in [0.2, 0.25) is 0 Å². The molecule has 156 valence electrons. The minimum Gasteiger partial charge on any atom is -0.372 e. The quantitative estimate of drug-likeness (QED) is 0.377. The molecule has 2 unspecified atom stereocenters. The molecule has 0 bridgehead atoms. The third-order valence-corrected chi connectivity index (χ3v) is 6.69. The summed E-state index contributed by atoms with van der Waals surface area (Å²) in [6.45, 7) is 0. The number of hydrogen-bond acceptors (Lipinski definition) is 3. The van der Waals surface area contributed by atoms with Gasteiger partial charge in [0.2, 0.25) is 0 Å². The Morgan fingerprint density at radius 2 is 1.38 bits per heavy atom. The SMILES string of the molecule is O=C1CC(c2ccccc2)CC2=C1C(c1ccc3ccccc3c1)Nc1ccccc1N2. The topological polar surface area (TPSA) is 41.1 Å². The van der Waals surface area contributed by atoms with E-state index in [2.05, 4.69) is 89.5 Å². The van der Waals surface area contributed by atoms with Crippen LogP contribution in [0.15, 0.2) is 108 Å². The number of fused-ring (bicyclic) bond motifs is 2. The number of nitrogens with one attached hydrogen (secondary N) is 2. The van der Waals surface area contributed by atoms with Crippen molar-refractivity contribution in [3.05, 3.63) is 119 Å². The highest BCUT2D eigenvalue weighted by Gasteiger charge is 2.36. The molecule has 0 aromatic heterocycles. The van der Waals surface area contributed by atoms with Gasteiger partial charge in [0.15, 0.2) is 5.78 Å². The zero-order chi connectivity index (χ0) is 21.5. The van der Waals surface area contributed by atoms with E-state index in [1.165, 1.54) is 16.3 Å². The highest BCUT2D eigenvalue weighted by molar-refractivity contribution is 6.01. The number of Topliss-reactive ketones (excluding diaryl/α,β-unsaturated/α-hetero) is 1. The Balaban J connectivity index is 1.49. The molecule has 0 fully saturated rings. The summed E-state index contributed by atoms with van der Waals surface area (Å²) in [7, 11) is 0. The fourth-order valence-electron chi connectivity index (χ4n) is 5.09. The number of rotatable bonds is 2. The molecule has 0 spiro atoms. The van der Waals surface area contributed by atoms with Crippen LogP contribution in [0.1, 0.15) is 35.9 Å². The molecule has 1 aliphatic carbocycles. The molecule has 2 aliphatic rings. The molecule has 2 atom stereocenters. The van der Waals surface area contributed by atoms with Gasteiger partial charge in [0.1, 0.15) is 0 Å². The molecule has 4 aromatic rings. The van der Waals surface area contributed by atoms with Crippen molar-refractivity contribution in [2.45, 2.75) is 24.8 Å². The summed E-state index contributed by atoms with van der Waals surface area (Å²) >= 11 is 0. The minimum absolute atomic E-state index is 0.185. The predicted molar refractivity (Wildman–Crippen MR) is 131 cm³/mol. The van der Waals surface area contributed by atoms with Gasteiger partial charge in [-0.3, -0.25) is 4.79 Å². The average Bonchev–Trinajstić information content (AvgIpc) is 3.01. The monoisotopic (exact) mass is 416 g/mol. The fourth-order valence-corrected chi connectivity index (χ4v) is 5.09. The normalized spacial score (nSPS) is 20.1. The maximum atomic E-state index is 13.6. The van der Waals surface area contributed by atoms with E-state index in [1.54, 1.807) is 0 Å². The van der Waals surface area contributed by atoms with E-state index >= 15 is 0 Å². The Bertz CT molecular complexity index is 1360. The first kappa shape index (κ1) is 18.9. The van der Waals surface area contributed by atoms with E-state index in [0.29, 0.717) is 6.42 Å². The second-order valence-electron chi connectivity index (χ2n) is 8.69.